The molecule has 1 unspecified atom stereocenters. The lowest BCUT2D eigenvalue weighted by molar-refractivity contribution is -0.125. The van der Waals surface area contributed by atoms with Gasteiger partial charge < -0.3 is 10.6 Å². The van der Waals surface area contributed by atoms with E-state index < -0.39 is 17.5 Å². The molecule has 0 aliphatic carbocycles. The first kappa shape index (κ1) is 17.2. The number of nitrogens with zero attached hydrogens (tertiary/aromatic N) is 1. The van der Waals surface area contributed by atoms with E-state index in [-0.39, 0.29) is 18.7 Å². The molecule has 0 aromatic heterocycles. The van der Waals surface area contributed by atoms with Crippen LogP contribution in [0.4, 0.5) is 10.5 Å². The second kappa shape index (κ2) is 7.07. The van der Waals surface area contributed by atoms with Gasteiger partial charge in [0.25, 0.3) is 5.91 Å². The van der Waals surface area contributed by atoms with Gasteiger partial charge >= 0.3 is 6.03 Å². The minimum absolute atomic E-state index is 0.0133. The van der Waals surface area contributed by atoms with Crippen molar-refractivity contribution in [3.8, 4) is 6.07 Å². The molecule has 2 aromatic carbocycles. The molecule has 7 nitrogen and oxygen atoms in total. The number of amides is 4. The first-order chi connectivity index (χ1) is 12.5. The maximum atomic E-state index is 12.4. The van der Waals surface area contributed by atoms with Crippen molar-refractivity contribution in [1.29, 1.82) is 5.26 Å². The van der Waals surface area contributed by atoms with Crippen LogP contribution in [0, 0.1) is 11.3 Å². The summed E-state index contributed by atoms with van der Waals surface area (Å²) in [5.74, 6) is -0.794. The summed E-state index contributed by atoms with van der Waals surface area (Å²) in [6.45, 7) is 0. The molecule has 130 valence electrons. The monoisotopic (exact) mass is 348 g/mol. The fourth-order valence-electron chi connectivity index (χ4n) is 2.93. The van der Waals surface area contributed by atoms with Gasteiger partial charge in [0, 0.05) is 12.1 Å². The van der Waals surface area contributed by atoms with Gasteiger partial charge in [-0.2, -0.15) is 5.26 Å². The molecule has 4 amide bonds. The van der Waals surface area contributed by atoms with Gasteiger partial charge in [0.2, 0.25) is 5.91 Å². The van der Waals surface area contributed by atoms with Crippen molar-refractivity contribution < 1.29 is 14.4 Å². The Kier molecular flexibility index (Phi) is 4.67. The third-order valence-electron chi connectivity index (χ3n) is 4.21. The lowest BCUT2D eigenvalue weighted by atomic mass is 9.85. The Hall–Kier alpha value is -3.66. The Balaban J connectivity index is 1.74. The molecule has 3 N–H and O–H groups in total. The first-order valence-corrected chi connectivity index (χ1v) is 8.03. The van der Waals surface area contributed by atoms with Crippen molar-refractivity contribution in [1.82, 2.24) is 10.6 Å². The molecule has 3 rings (SSSR count). The van der Waals surface area contributed by atoms with Crippen LogP contribution in [-0.4, -0.2) is 17.8 Å². The summed E-state index contributed by atoms with van der Waals surface area (Å²) >= 11 is 0. The molecule has 1 saturated heterocycles. The lowest BCUT2D eigenvalue weighted by Crippen LogP contribution is -2.44. The van der Waals surface area contributed by atoms with E-state index in [9.17, 15) is 14.4 Å². The Labute approximate surface area is 150 Å². The SMILES string of the molecule is N#Cc1cccc(NC(=O)CCC2(c3ccccc3)NC(=O)NC2=O)c1. The van der Waals surface area contributed by atoms with Gasteiger partial charge in [-0.3, -0.25) is 14.9 Å². The molecule has 0 spiro atoms. The average Bonchev–Trinajstić information content (AvgIpc) is 2.95. The third kappa shape index (κ3) is 3.39. The van der Waals surface area contributed by atoms with E-state index in [1.54, 1.807) is 54.6 Å². The number of hydrogen-bond acceptors (Lipinski definition) is 4. The zero-order valence-corrected chi connectivity index (χ0v) is 13.8. The molecule has 0 saturated carbocycles. The minimum atomic E-state index is -1.27. The van der Waals surface area contributed by atoms with Crippen LogP contribution in [0.1, 0.15) is 24.0 Å². The van der Waals surface area contributed by atoms with Gasteiger partial charge in [-0.15, -0.1) is 0 Å². The molecule has 0 bridgehead atoms. The number of urea groups is 1. The highest BCUT2D eigenvalue weighted by atomic mass is 16.2. The number of benzene rings is 2. The van der Waals surface area contributed by atoms with Crippen molar-refractivity contribution in [3.05, 3.63) is 65.7 Å². The maximum Gasteiger partial charge on any atom is 0.322 e. The van der Waals surface area contributed by atoms with Gasteiger partial charge in [0.1, 0.15) is 5.54 Å². The Morgan fingerprint density at radius 2 is 1.88 bits per heavy atom. The topological polar surface area (TPSA) is 111 Å². The average molecular weight is 348 g/mol. The number of rotatable bonds is 5. The third-order valence-corrected chi connectivity index (χ3v) is 4.21. The quantitative estimate of drug-likeness (QED) is 0.718. The summed E-state index contributed by atoms with van der Waals surface area (Å²) in [6.07, 6.45) is 0.123. The predicted molar refractivity (Wildman–Crippen MR) is 93.8 cm³/mol. The first-order valence-electron chi connectivity index (χ1n) is 8.03. The normalized spacial score (nSPS) is 18.6. The fraction of sp³-hybridized carbons (Fsp3) is 0.158. The number of imide groups is 1. The summed E-state index contributed by atoms with van der Waals surface area (Å²) in [6, 6.07) is 16.8. The molecule has 0 radical (unpaired) electrons. The molecular weight excluding hydrogens is 332 g/mol. The van der Waals surface area contributed by atoms with Crippen LogP contribution in [0.25, 0.3) is 0 Å². The zero-order chi connectivity index (χ0) is 18.6. The van der Waals surface area contributed by atoms with E-state index in [0.29, 0.717) is 16.8 Å². The van der Waals surface area contributed by atoms with Crippen LogP contribution >= 0.6 is 0 Å². The molecule has 1 aliphatic heterocycles. The van der Waals surface area contributed by atoms with Crippen LogP contribution < -0.4 is 16.0 Å². The lowest BCUT2D eigenvalue weighted by Gasteiger charge is -2.26. The van der Waals surface area contributed by atoms with Crippen molar-refractivity contribution >= 4 is 23.5 Å². The van der Waals surface area contributed by atoms with Crippen molar-refractivity contribution in [2.45, 2.75) is 18.4 Å². The number of carbonyl (C=O) groups excluding carboxylic acids is 3. The molecule has 7 heteroatoms. The van der Waals surface area contributed by atoms with E-state index in [2.05, 4.69) is 16.0 Å². The van der Waals surface area contributed by atoms with Crippen molar-refractivity contribution in [2.75, 3.05) is 5.32 Å². The van der Waals surface area contributed by atoms with Crippen molar-refractivity contribution in [2.24, 2.45) is 0 Å². The molecule has 1 fully saturated rings. The van der Waals surface area contributed by atoms with E-state index >= 15 is 0 Å². The highest BCUT2D eigenvalue weighted by Gasteiger charge is 2.47. The van der Waals surface area contributed by atoms with Crippen LogP contribution in [0.3, 0.4) is 0 Å². The summed E-state index contributed by atoms with van der Waals surface area (Å²) < 4.78 is 0. The molecule has 1 aliphatic rings. The predicted octanol–water partition coefficient (Wildman–Crippen LogP) is 2.01. The maximum absolute atomic E-state index is 12.4. The van der Waals surface area contributed by atoms with E-state index in [4.69, 9.17) is 5.26 Å². The molecule has 1 heterocycles. The van der Waals surface area contributed by atoms with Gasteiger partial charge in [-0.1, -0.05) is 36.4 Å². The largest absolute Gasteiger partial charge is 0.326 e. The highest BCUT2D eigenvalue weighted by Crippen LogP contribution is 2.30. The number of nitrogens with one attached hydrogen (secondary N) is 3. The Morgan fingerprint density at radius 3 is 2.54 bits per heavy atom. The Bertz CT molecular complexity index is 905. The summed E-state index contributed by atoms with van der Waals surface area (Å²) in [7, 11) is 0. The van der Waals surface area contributed by atoms with Crippen LogP contribution in [-0.2, 0) is 15.1 Å². The fourth-order valence-corrected chi connectivity index (χ4v) is 2.93. The van der Waals surface area contributed by atoms with Gasteiger partial charge in [-0.05, 0) is 30.2 Å². The van der Waals surface area contributed by atoms with Gasteiger partial charge in [0.05, 0.1) is 11.6 Å². The van der Waals surface area contributed by atoms with Gasteiger partial charge in [0.15, 0.2) is 0 Å². The van der Waals surface area contributed by atoms with Crippen LogP contribution in [0.2, 0.25) is 0 Å². The molecule has 2 aromatic rings. The Morgan fingerprint density at radius 1 is 1.12 bits per heavy atom. The van der Waals surface area contributed by atoms with E-state index in [1.165, 1.54) is 0 Å². The number of hydrogen-bond donors (Lipinski definition) is 3. The standard InChI is InChI=1S/C19H16N4O3/c20-12-13-5-4-8-15(11-13)21-16(24)9-10-19(14-6-2-1-3-7-14)17(25)22-18(26)23-19/h1-8,11H,9-10H2,(H,21,24)(H2,22,23,25,26). The second-order valence-corrected chi connectivity index (χ2v) is 5.92. The smallest absolute Gasteiger partial charge is 0.322 e. The number of carbonyl (C=O) groups is 3. The van der Waals surface area contributed by atoms with Crippen molar-refractivity contribution in [3.63, 3.8) is 0 Å². The minimum Gasteiger partial charge on any atom is -0.326 e. The highest BCUT2D eigenvalue weighted by molar-refractivity contribution is 6.07. The zero-order valence-electron chi connectivity index (χ0n) is 13.8. The van der Waals surface area contributed by atoms with E-state index in [1.807, 2.05) is 6.07 Å². The molecular formula is C19H16N4O3. The van der Waals surface area contributed by atoms with Crippen LogP contribution in [0.15, 0.2) is 54.6 Å². The van der Waals surface area contributed by atoms with Crippen LogP contribution in [0.5, 0.6) is 0 Å². The number of anilines is 1. The van der Waals surface area contributed by atoms with Gasteiger partial charge in [-0.25, -0.2) is 4.79 Å². The summed E-state index contributed by atoms with van der Waals surface area (Å²) in [4.78, 5) is 36.4. The summed E-state index contributed by atoms with van der Waals surface area (Å²) in [5, 5.41) is 16.5. The second-order valence-electron chi connectivity index (χ2n) is 5.92. The molecule has 26 heavy (non-hydrogen) atoms. The number of nitriles is 1. The van der Waals surface area contributed by atoms with E-state index in [0.717, 1.165) is 0 Å². The summed E-state index contributed by atoms with van der Waals surface area (Å²) in [5.41, 5.74) is 0.279. The molecule has 1 atom stereocenters.